The van der Waals surface area contributed by atoms with E-state index in [9.17, 15) is 24.5 Å². The first-order chi connectivity index (χ1) is 15.9. The van der Waals surface area contributed by atoms with Crippen LogP contribution in [0.2, 0.25) is 0 Å². The maximum Gasteiger partial charge on any atom is 0.269 e. The fourth-order valence-electron chi connectivity index (χ4n) is 6.56. The lowest BCUT2D eigenvalue weighted by Crippen LogP contribution is -2.54. The topological polar surface area (TPSA) is 113 Å². The van der Waals surface area contributed by atoms with Crippen molar-refractivity contribution in [3.05, 3.63) is 63.7 Å². The number of nitro benzene ring substituents is 1. The Morgan fingerprint density at radius 1 is 1.12 bits per heavy atom. The summed E-state index contributed by atoms with van der Waals surface area (Å²) in [5, 5.41) is 14.1. The summed E-state index contributed by atoms with van der Waals surface area (Å²) in [4.78, 5) is 55.0. The van der Waals surface area contributed by atoms with E-state index in [0.29, 0.717) is 12.2 Å². The highest BCUT2D eigenvalue weighted by Crippen LogP contribution is 2.61. The number of imide groups is 1. The van der Waals surface area contributed by atoms with Crippen molar-refractivity contribution in [1.82, 2.24) is 4.90 Å². The number of aryl methyl sites for hydroxylation is 1. The lowest BCUT2D eigenvalue weighted by Gasteiger charge is -2.36. The lowest BCUT2D eigenvalue weighted by atomic mass is 9.75. The number of non-ortho nitro benzene ring substituents is 1. The van der Waals surface area contributed by atoms with Crippen molar-refractivity contribution in [3.8, 4) is 0 Å². The van der Waals surface area contributed by atoms with Gasteiger partial charge >= 0.3 is 0 Å². The van der Waals surface area contributed by atoms with Gasteiger partial charge in [-0.25, -0.2) is 4.90 Å². The van der Waals surface area contributed by atoms with E-state index in [1.807, 2.05) is 25.1 Å². The first-order valence-electron chi connectivity index (χ1n) is 11.2. The van der Waals surface area contributed by atoms with Gasteiger partial charge in [-0.05, 0) is 43.5 Å². The number of hydrogen-bond donors (Lipinski definition) is 1. The van der Waals surface area contributed by atoms with Crippen molar-refractivity contribution in [2.45, 2.75) is 37.8 Å². The number of benzene rings is 2. The zero-order chi connectivity index (χ0) is 23.1. The number of hydrogen-bond acceptors (Lipinski definition) is 6. The SMILES string of the molecule is CCc1cccc2c1NC(=O)C21C2C(=O)N(c3ccc([N+](=O)[O-])cc3)C(=O)C2C2CCCN21. The van der Waals surface area contributed by atoms with Gasteiger partial charge in [0.15, 0.2) is 0 Å². The summed E-state index contributed by atoms with van der Waals surface area (Å²) in [6, 6.07) is 11.0. The average Bonchev–Trinajstić information content (AvgIpc) is 3.52. The molecular weight excluding hydrogens is 424 g/mol. The lowest BCUT2D eigenvalue weighted by molar-refractivity contribution is -0.384. The summed E-state index contributed by atoms with van der Waals surface area (Å²) >= 11 is 0. The number of fused-ring (bicyclic) bond motifs is 7. The first kappa shape index (κ1) is 20.0. The standard InChI is InChI=1S/C24H22N4O5/c1-2-13-5-3-6-16-20(13)25-23(31)24(16)19-18(17-7-4-12-26(17)24)21(29)27(22(19)30)14-8-10-15(11-9-14)28(32)33/h3,5-6,8-11,17-19H,2,4,7,12H2,1H3,(H,25,31). The molecule has 0 bridgehead atoms. The number of carbonyl (C=O) groups excluding carboxylic acids is 3. The highest BCUT2D eigenvalue weighted by molar-refractivity contribution is 6.26. The van der Waals surface area contributed by atoms with Gasteiger partial charge < -0.3 is 5.32 Å². The molecule has 9 heteroatoms. The highest BCUT2D eigenvalue weighted by Gasteiger charge is 2.74. The van der Waals surface area contributed by atoms with Gasteiger partial charge in [0, 0.05) is 29.4 Å². The van der Waals surface area contributed by atoms with Crippen LogP contribution in [-0.4, -0.2) is 40.1 Å². The molecule has 1 spiro atoms. The Morgan fingerprint density at radius 2 is 1.88 bits per heavy atom. The minimum absolute atomic E-state index is 0.118. The number of carbonyl (C=O) groups is 3. The summed E-state index contributed by atoms with van der Waals surface area (Å²) in [5.74, 6) is -2.46. The van der Waals surface area contributed by atoms with E-state index in [0.717, 1.165) is 41.0 Å². The van der Waals surface area contributed by atoms with E-state index >= 15 is 0 Å². The number of nitrogens with zero attached hydrogens (tertiary/aromatic N) is 3. The molecule has 2 aromatic carbocycles. The van der Waals surface area contributed by atoms with Crippen molar-refractivity contribution in [3.63, 3.8) is 0 Å². The summed E-state index contributed by atoms with van der Waals surface area (Å²) < 4.78 is 0. The fourth-order valence-corrected chi connectivity index (χ4v) is 6.56. The number of nitro groups is 1. The minimum Gasteiger partial charge on any atom is -0.324 e. The van der Waals surface area contributed by atoms with Crippen LogP contribution in [0.5, 0.6) is 0 Å². The zero-order valence-corrected chi connectivity index (χ0v) is 18.0. The van der Waals surface area contributed by atoms with Crippen LogP contribution < -0.4 is 10.2 Å². The van der Waals surface area contributed by atoms with Gasteiger partial charge in [0.25, 0.3) is 5.69 Å². The molecular formula is C24H22N4O5. The molecule has 0 saturated carbocycles. The van der Waals surface area contributed by atoms with Gasteiger partial charge in [0.1, 0.15) is 5.54 Å². The fraction of sp³-hybridized carbons (Fsp3) is 0.375. The van der Waals surface area contributed by atoms with Gasteiger partial charge in [0.2, 0.25) is 17.7 Å². The van der Waals surface area contributed by atoms with E-state index < -0.39 is 28.2 Å². The number of rotatable bonds is 3. The molecule has 4 unspecified atom stereocenters. The van der Waals surface area contributed by atoms with Gasteiger partial charge in [-0.15, -0.1) is 0 Å². The first-order valence-corrected chi connectivity index (χ1v) is 11.2. The molecule has 0 radical (unpaired) electrons. The molecule has 4 atom stereocenters. The van der Waals surface area contributed by atoms with E-state index in [-0.39, 0.29) is 23.5 Å². The van der Waals surface area contributed by atoms with Gasteiger partial charge in [-0.2, -0.15) is 0 Å². The third-order valence-corrected chi connectivity index (χ3v) is 7.81. The van der Waals surface area contributed by atoms with Crippen molar-refractivity contribution >= 4 is 34.8 Å². The summed E-state index contributed by atoms with van der Waals surface area (Å²) in [6.45, 7) is 2.67. The van der Waals surface area contributed by atoms with E-state index in [1.54, 1.807) is 0 Å². The summed E-state index contributed by atoms with van der Waals surface area (Å²) in [5.41, 5.74) is 1.50. The molecule has 3 fully saturated rings. The average molecular weight is 446 g/mol. The van der Waals surface area contributed by atoms with Gasteiger partial charge in [-0.3, -0.25) is 29.4 Å². The molecule has 168 valence electrons. The van der Waals surface area contributed by atoms with Crippen LogP contribution in [0, 0.1) is 22.0 Å². The Balaban J connectivity index is 1.51. The molecule has 2 aromatic rings. The third-order valence-electron chi connectivity index (χ3n) is 7.81. The molecule has 6 rings (SSSR count). The maximum atomic E-state index is 13.9. The predicted molar refractivity (Wildman–Crippen MR) is 118 cm³/mol. The molecule has 4 aliphatic rings. The molecule has 3 amide bonds. The van der Waals surface area contributed by atoms with Crippen LogP contribution >= 0.6 is 0 Å². The van der Waals surface area contributed by atoms with Crippen molar-refractivity contribution in [2.75, 3.05) is 16.8 Å². The Kier molecular flexibility index (Phi) is 4.08. The van der Waals surface area contributed by atoms with E-state index in [2.05, 4.69) is 10.2 Å². The second-order valence-corrected chi connectivity index (χ2v) is 9.11. The van der Waals surface area contributed by atoms with Crippen molar-refractivity contribution < 1.29 is 19.3 Å². The number of para-hydroxylation sites is 1. The normalized spacial score (nSPS) is 30.0. The maximum absolute atomic E-state index is 13.9. The minimum atomic E-state index is -1.21. The molecule has 4 heterocycles. The second kappa shape index (κ2) is 6.71. The Bertz CT molecular complexity index is 1240. The smallest absolute Gasteiger partial charge is 0.269 e. The molecule has 0 aliphatic carbocycles. The van der Waals surface area contributed by atoms with E-state index in [1.165, 1.54) is 24.3 Å². The summed E-state index contributed by atoms with van der Waals surface area (Å²) in [7, 11) is 0. The molecule has 4 aliphatic heterocycles. The quantitative estimate of drug-likeness (QED) is 0.441. The number of anilines is 2. The second-order valence-electron chi connectivity index (χ2n) is 9.11. The summed E-state index contributed by atoms with van der Waals surface area (Å²) in [6.07, 6.45) is 2.33. The van der Waals surface area contributed by atoms with Crippen LogP contribution in [0.25, 0.3) is 0 Å². The number of amides is 3. The molecule has 3 saturated heterocycles. The zero-order valence-electron chi connectivity index (χ0n) is 18.0. The molecule has 9 nitrogen and oxygen atoms in total. The molecule has 33 heavy (non-hydrogen) atoms. The van der Waals surface area contributed by atoms with Crippen molar-refractivity contribution in [2.24, 2.45) is 11.8 Å². The predicted octanol–water partition coefficient (Wildman–Crippen LogP) is 2.59. The molecule has 1 N–H and O–H groups in total. The van der Waals surface area contributed by atoms with Gasteiger partial charge in [-0.1, -0.05) is 25.1 Å². The van der Waals surface area contributed by atoms with Crippen molar-refractivity contribution in [1.29, 1.82) is 0 Å². The van der Waals surface area contributed by atoms with Crippen LogP contribution in [0.15, 0.2) is 42.5 Å². The van der Waals surface area contributed by atoms with Crippen LogP contribution in [0.3, 0.4) is 0 Å². The monoisotopic (exact) mass is 446 g/mol. The van der Waals surface area contributed by atoms with Crippen LogP contribution in [0.4, 0.5) is 17.1 Å². The number of nitrogens with one attached hydrogen (secondary N) is 1. The van der Waals surface area contributed by atoms with E-state index in [4.69, 9.17) is 0 Å². The largest absolute Gasteiger partial charge is 0.324 e. The Hall–Kier alpha value is -3.59. The van der Waals surface area contributed by atoms with Crippen LogP contribution in [0.1, 0.15) is 30.9 Å². The van der Waals surface area contributed by atoms with Crippen LogP contribution in [-0.2, 0) is 26.3 Å². The third kappa shape index (κ3) is 2.32. The highest BCUT2D eigenvalue weighted by atomic mass is 16.6. The van der Waals surface area contributed by atoms with Gasteiger partial charge in [0.05, 0.1) is 22.4 Å². The Labute approximate surface area is 189 Å². The molecule has 0 aromatic heterocycles. The Morgan fingerprint density at radius 3 is 2.58 bits per heavy atom.